The summed E-state index contributed by atoms with van der Waals surface area (Å²) in [6.07, 6.45) is 1.76. The highest BCUT2D eigenvalue weighted by Gasteiger charge is 2.23. The molecule has 3 rings (SSSR count). The Hall–Kier alpha value is -2.56. The highest BCUT2D eigenvalue weighted by Crippen LogP contribution is 2.24. The molecule has 1 aliphatic heterocycles. The zero-order chi connectivity index (χ0) is 18.5. The molecule has 0 aromatic heterocycles. The van der Waals surface area contributed by atoms with Gasteiger partial charge >= 0.3 is 6.03 Å². The number of piperazine rings is 1. The molecule has 2 aromatic carbocycles. The smallest absolute Gasteiger partial charge is 0.321 e. The van der Waals surface area contributed by atoms with Crippen LogP contribution in [0.3, 0.4) is 0 Å². The molecular weight excluding hydrogens is 329 g/mol. The Labute approximate surface area is 154 Å². The van der Waals surface area contributed by atoms with Crippen LogP contribution in [-0.2, 0) is 12.8 Å². The van der Waals surface area contributed by atoms with Gasteiger partial charge in [0.25, 0.3) is 0 Å². The highest BCUT2D eigenvalue weighted by atomic mass is 19.1. The third kappa shape index (κ3) is 3.82. The molecule has 138 valence electrons. The first kappa shape index (κ1) is 18.2. The first-order valence-corrected chi connectivity index (χ1v) is 9.30. The van der Waals surface area contributed by atoms with Gasteiger partial charge in [0.05, 0.1) is 5.69 Å². The number of aryl methyl sites for hydroxylation is 2. The summed E-state index contributed by atoms with van der Waals surface area (Å²) in [5.74, 6) is -0.213. The summed E-state index contributed by atoms with van der Waals surface area (Å²) in [5, 5.41) is 3.11. The van der Waals surface area contributed by atoms with Gasteiger partial charge < -0.3 is 15.1 Å². The molecule has 26 heavy (non-hydrogen) atoms. The minimum Gasteiger partial charge on any atom is -0.366 e. The topological polar surface area (TPSA) is 35.6 Å². The Morgan fingerprint density at radius 1 is 0.962 bits per heavy atom. The first-order chi connectivity index (χ1) is 12.6. The maximum Gasteiger partial charge on any atom is 0.321 e. The number of halogens is 1. The van der Waals surface area contributed by atoms with E-state index in [2.05, 4.69) is 31.3 Å². The number of anilines is 2. The van der Waals surface area contributed by atoms with Crippen LogP contribution in [0.2, 0.25) is 0 Å². The second-order valence-corrected chi connectivity index (χ2v) is 6.51. The lowest BCUT2D eigenvalue weighted by molar-refractivity contribution is 0.208. The fourth-order valence-electron chi connectivity index (χ4n) is 3.45. The number of nitrogens with one attached hydrogen (secondary N) is 1. The molecule has 1 heterocycles. The molecule has 0 saturated carbocycles. The van der Waals surface area contributed by atoms with Gasteiger partial charge in [0.1, 0.15) is 5.82 Å². The van der Waals surface area contributed by atoms with E-state index < -0.39 is 0 Å². The van der Waals surface area contributed by atoms with Crippen LogP contribution in [0.5, 0.6) is 0 Å². The Kier molecular flexibility index (Phi) is 5.76. The summed E-state index contributed by atoms with van der Waals surface area (Å²) in [6.45, 7) is 6.61. The fraction of sp³-hybridized carbons (Fsp3) is 0.381. The molecule has 2 aromatic rings. The Balaban J connectivity index is 1.66. The zero-order valence-corrected chi connectivity index (χ0v) is 15.5. The summed E-state index contributed by atoms with van der Waals surface area (Å²) >= 11 is 0. The monoisotopic (exact) mass is 355 g/mol. The van der Waals surface area contributed by atoms with E-state index in [9.17, 15) is 9.18 Å². The first-order valence-electron chi connectivity index (χ1n) is 9.30. The normalized spacial score (nSPS) is 14.4. The molecule has 1 saturated heterocycles. The van der Waals surface area contributed by atoms with Gasteiger partial charge in [-0.1, -0.05) is 44.2 Å². The lowest BCUT2D eigenvalue weighted by atomic mass is 10.0. The van der Waals surface area contributed by atoms with Crippen molar-refractivity contribution in [3.05, 3.63) is 59.4 Å². The predicted octanol–water partition coefficient (Wildman–Crippen LogP) is 4.30. The van der Waals surface area contributed by atoms with Gasteiger partial charge in [-0.2, -0.15) is 0 Å². The SMILES string of the molecule is CCc1cccc(CC)c1NC(=O)N1CCN(c2ccccc2F)CC1. The molecule has 0 radical (unpaired) electrons. The minimum atomic E-state index is -0.213. The minimum absolute atomic E-state index is 0.0752. The number of carbonyl (C=O) groups excluding carboxylic acids is 1. The summed E-state index contributed by atoms with van der Waals surface area (Å²) < 4.78 is 13.9. The summed E-state index contributed by atoms with van der Waals surface area (Å²) in [7, 11) is 0. The molecule has 0 aliphatic carbocycles. The molecule has 0 spiro atoms. The van der Waals surface area contributed by atoms with E-state index in [0.717, 1.165) is 29.7 Å². The van der Waals surface area contributed by atoms with Crippen LogP contribution >= 0.6 is 0 Å². The van der Waals surface area contributed by atoms with Gasteiger partial charge in [0, 0.05) is 31.9 Å². The van der Waals surface area contributed by atoms with E-state index >= 15 is 0 Å². The molecule has 0 unspecified atom stereocenters. The van der Waals surface area contributed by atoms with Crippen LogP contribution in [-0.4, -0.2) is 37.1 Å². The average molecular weight is 355 g/mol. The lowest BCUT2D eigenvalue weighted by Crippen LogP contribution is -2.50. The van der Waals surface area contributed by atoms with Gasteiger partial charge in [-0.3, -0.25) is 0 Å². The predicted molar refractivity (Wildman–Crippen MR) is 104 cm³/mol. The van der Waals surface area contributed by atoms with Gasteiger partial charge in [-0.05, 0) is 36.1 Å². The molecule has 4 nitrogen and oxygen atoms in total. The van der Waals surface area contributed by atoms with Gasteiger partial charge in [-0.25, -0.2) is 9.18 Å². The number of benzene rings is 2. The van der Waals surface area contributed by atoms with Gasteiger partial charge in [-0.15, -0.1) is 0 Å². The third-order valence-electron chi connectivity index (χ3n) is 4.99. The number of hydrogen-bond acceptors (Lipinski definition) is 2. The van der Waals surface area contributed by atoms with Crippen molar-refractivity contribution >= 4 is 17.4 Å². The van der Waals surface area contributed by atoms with E-state index in [1.165, 1.54) is 6.07 Å². The van der Waals surface area contributed by atoms with Crippen LogP contribution in [0.1, 0.15) is 25.0 Å². The highest BCUT2D eigenvalue weighted by molar-refractivity contribution is 5.91. The standard InChI is InChI=1S/C21H26FN3O/c1-3-16-8-7-9-17(4-2)20(16)23-21(26)25-14-12-24(13-15-25)19-11-6-5-10-18(19)22/h5-11H,3-4,12-15H2,1-2H3,(H,23,26). The summed E-state index contributed by atoms with van der Waals surface area (Å²) in [4.78, 5) is 16.5. The second kappa shape index (κ2) is 8.21. The zero-order valence-electron chi connectivity index (χ0n) is 15.5. The number of para-hydroxylation sites is 2. The van der Waals surface area contributed by atoms with Crippen molar-refractivity contribution in [2.75, 3.05) is 36.4 Å². The van der Waals surface area contributed by atoms with Crippen molar-refractivity contribution in [3.8, 4) is 0 Å². The van der Waals surface area contributed by atoms with Crippen LogP contribution in [0, 0.1) is 5.82 Å². The number of hydrogen-bond donors (Lipinski definition) is 1. The van der Waals surface area contributed by atoms with Crippen molar-refractivity contribution < 1.29 is 9.18 Å². The van der Waals surface area contributed by atoms with E-state index in [1.807, 2.05) is 21.9 Å². The fourth-order valence-corrected chi connectivity index (χ4v) is 3.45. The Morgan fingerprint density at radius 2 is 1.58 bits per heavy atom. The number of urea groups is 1. The van der Waals surface area contributed by atoms with Crippen molar-refractivity contribution in [2.24, 2.45) is 0 Å². The van der Waals surface area contributed by atoms with E-state index in [1.54, 1.807) is 12.1 Å². The van der Waals surface area contributed by atoms with Gasteiger partial charge in [0.2, 0.25) is 0 Å². The van der Waals surface area contributed by atoms with E-state index in [-0.39, 0.29) is 11.8 Å². The quantitative estimate of drug-likeness (QED) is 0.887. The largest absolute Gasteiger partial charge is 0.366 e. The molecule has 1 fully saturated rings. The van der Waals surface area contributed by atoms with E-state index in [4.69, 9.17) is 0 Å². The number of nitrogens with zero attached hydrogens (tertiary/aromatic N) is 2. The number of amides is 2. The Bertz CT molecular complexity index is 747. The van der Waals surface area contributed by atoms with Crippen LogP contribution in [0.25, 0.3) is 0 Å². The average Bonchev–Trinajstić information content (AvgIpc) is 2.68. The van der Waals surface area contributed by atoms with Crippen molar-refractivity contribution in [2.45, 2.75) is 26.7 Å². The molecule has 2 amide bonds. The molecule has 1 N–H and O–H groups in total. The Morgan fingerprint density at radius 3 is 2.15 bits per heavy atom. The summed E-state index contributed by atoms with van der Waals surface area (Å²) in [5.41, 5.74) is 3.86. The van der Waals surface area contributed by atoms with Crippen molar-refractivity contribution in [3.63, 3.8) is 0 Å². The van der Waals surface area contributed by atoms with Crippen molar-refractivity contribution in [1.29, 1.82) is 0 Å². The molecule has 5 heteroatoms. The molecular formula is C21H26FN3O. The van der Waals surface area contributed by atoms with Crippen LogP contribution in [0.4, 0.5) is 20.6 Å². The number of rotatable bonds is 4. The third-order valence-corrected chi connectivity index (χ3v) is 4.99. The van der Waals surface area contributed by atoms with E-state index in [0.29, 0.717) is 31.9 Å². The van der Waals surface area contributed by atoms with Gasteiger partial charge in [0.15, 0.2) is 0 Å². The molecule has 0 bridgehead atoms. The maximum atomic E-state index is 13.9. The summed E-state index contributed by atoms with van der Waals surface area (Å²) in [6, 6.07) is 12.9. The second-order valence-electron chi connectivity index (χ2n) is 6.51. The molecule has 0 atom stereocenters. The van der Waals surface area contributed by atoms with Crippen LogP contribution in [0.15, 0.2) is 42.5 Å². The molecule has 1 aliphatic rings. The maximum absolute atomic E-state index is 13.9. The lowest BCUT2D eigenvalue weighted by Gasteiger charge is -2.36. The number of carbonyl (C=O) groups is 1. The van der Waals surface area contributed by atoms with Crippen LogP contribution < -0.4 is 10.2 Å². The van der Waals surface area contributed by atoms with Crippen molar-refractivity contribution in [1.82, 2.24) is 4.90 Å².